The summed E-state index contributed by atoms with van der Waals surface area (Å²) >= 11 is 0. The van der Waals surface area contributed by atoms with Crippen molar-refractivity contribution in [2.75, 3.05) is 13.1 Å². The predicted octanol–water partition coefficient (Wildman–Crippen LogP) is 1.39. The van der Waals surface area contributed by atoms with Gasteiger partial charge < -0.3 is 21.1 Å². The van der Waals surface area contributed by atoms with Gasteiger partial charge in [0.1, 0.15) is 11.6 Å². The molecule has 2 amide bonds. The van der Waals surface area contributed by atoms with Crippen LogP contribution in [0, 0.1) is 5.92 Å². The molecule has 1 atom stereocenters. The Bertz CT molecular complexity index is 311. The first kappa shape index (κ1) is 18.7. The van der Waals surface area contributed by atoms with Crippen molar-refractivity contribution in [1.29, 1.82) is 0 Å². The van der Waals surface area contributed by atoms with Crippen LogP contribution in [0.4, 0.5) is 4.79 Å². The summed E-state index contributed by atoms with van der Waals surface area (Å²) < 4.78 is 5.18. The second kappa shape index (κ2) is 8.79. The average Bonchev–Trinajstić information content (AvgIpc) is 2.25. The van der Waals surface area contributed by atoms with E-state index in [1.165, 1.54) is 0 Å². The van der Waals surface area contributed by atoms with Crippen LogP contribution in [0.1, 0.15) is 47.5 Å². The zero-order valence-corrected chi connectivity index (χ0v) is 13.3. The van der Waals surface area contributed by atoms with Gasteiger partial charge in [0.2, 0.25) is 5.91 Å². The van der Waals surface area contributed by atoms with Crippen molar-refractivity contribution >= 4 is 12.0 Å². The minimum Gasteiger partial charge on any atom is -0.444 e. The first-order valence-corrected chi connectivity index (χ1v) is 7.13. The largest absolute Gasteiger partial charge is 0.444 e. The highest BCUT2D eigenvalue weighted by Crippen LogP contribution is 2.09. The van der Waals surface area contributed by atoms with E-state index >= 15 is 0 Å². The summed E-state index contributed by atoms with van der Waals surface area (Å²) in [5, 5.41) is 5.40. The lowest BCUT2D eigenvalue weighted by atomic mass is 10.0. The molecule has 4 N–H and O–H groups in total. The van der Waals surface area contributed by atoms with Crippen molar-refractivity contribution in [2.45, 2.75) is 59.1 Å². The number of rotatable bonds is 7. The number of carbonyl (C=O) groups is 2. The van der Waals surface area contributed by atoms with E-state index in [0.29, 0.717) is 25.9 Å². The van der Waals surface area contributed by atoms with E-state index in [-0.39, 0.29) is 11.8 Å². The zero-order valence-electron chi connectivity index (χ0n) is 13.3. The van der Waals surface area contributed by atoms with Gasteiger partial charge in [0, 0.05) is 6.54 Å². The minimum absolute atomic E-state index is 0.196. The van der Waals surface area contributed by atoms with E-state index < -0.39 is 17.7 Å². The molecular weight excluding hydrogens is 258 g/mol. The number of nitrogens with two attached hydrogens (primary N) is 1. The molecule has 0 saturated heterocycles. The standard InChI is InChI=1S/C14H29N3O3/c1-10(2)9-11(12(18)16-8-6-7-15)17-13(19)20-14(3,4)5/h10-11H,6-9,15H2,1-5H3,(H,16,18)(H,17,19)/t11-/m0/s1. The fourth-order valence-corrected chi connectivity index (χ4v) is 1.59. The van der Waals surface area contributed by atoms with Crippen LogP contribution in [0.3, 0.4) is 0 Å². The number of amides is 2. The molecule has 0 aromatic rings. The SMILES string of the molecule is CC(C)C[C@H](NC(=O)OC(C)(C)C)C(=O)NCCCN. The quantitative estimate of drug-likeness (QED) is 0.617. The maximum atomic E-state index is 12.0. The van der Waals surface area contributed by atoms with E-state index in [0.717, 1.165) is 0 Å². The Hall–Kier alpha value is -1.30. The van der Waals surface area contributed by atoms with Gasteiger partial charge in [-0.3, -0.25) is 4.79 Å². The molecule has 0 saturated carbocycles. The Morgan fingerprint density at radius 3 is 2.30 bits per heavy atom. The molecule has 0 unspecified atom stereocenters. The highest BCUT2D eigenvalue weighted by Gasteiger charge is 2.24. The number of hydrogen-bond donors (Lipinski definition) is 3. The third kappa shape index (κ3) is 9.61. The summed E-state index contributed by atoms with van der Waals surface area (Å²) in [5.74, 6) is 0.0909. The lowest BCUT2D eigenvalue weighted by Crippen LogP contribution is -2.49. The van der Waals surface area contributed by atoms with Gasteiger partial charge in [-0.05, 0) is 46.1 Å². The normalized spacial score (nSPS) is 12.9. The highest BCUT2D eigenvalue weighted by atomic mass is 16.6. The lowest BCUT2D eigenvalue weighted by Gasteiger charge is -2.24. The minimum atomic E-state index is -0.581. The van der Waals surface area contributed by atoms with E-state index in [1.807, 2.05) is 13.8 Å². The third-order valence-electron chi connectivity index (χ3n) is 2.39. The van der Waals surface area contributed by atoms with Gasteiger partial charge >= 0.3 is 6.09 Å². The van der Waals surface area contributed by atoms with Crippen LogP contribution in [0.25, 0.3) is 0 Å². The van der Waals surface area contributed by atoms with Crippen LogP contribution in [0.15, 0.2) is 0 Å². The number of hydrogen-bond acceptors (Lipinski definition) is 4. The molecule has 6 heteroatoms. The molecule has 20 heavy (non-hydrogen) atoms. The molecule has 0 aliphatic carbocycles. The average molecular weight is 287 g/mol. The van der Waals surface area contributed by atoms with Crippen molar-refractivity contribution in [3.8, 4) is 0 Å². The molecule has 0 aliphatic heterocycles. The van der Waals surface area contributed by atoms with E-state index in [2.05, 4.69) is 10.6 Å². The maximum absolute atomic E-state index is 12.0. The second-order valence-corrected chi connectivity index (χ2v) is 6.26. The lowest BCUT2D eigenvalue weighted by molar-refractivity contribution is -0.123. The smallest absolute Gasteiger partial charge is 0.408 e. The fourth-order valence-electron chi connectivity index (χ4n) is 1.59. The Morgan fingerprint density at radius 2 is 1.85 bits per heavy atom. The van der Waals surface area contributed by atoms with Crippen LogP contribution in [-0.4, -0.2) is 36.7 Å². The van der Waals surface area contributed by atoms with Crippen LogP contribution >= 0.6 is 0 Å². The molecular formula is C14H29N3O3. The van der Waals surface area contributed by atoms with E-state index in [9.17, 15) is 9.59 Å². The van der Waals surface area contributed by atoms with Gasteiger partial charge in [-0.25, -0.2) is 4.79 Å². The Labute approximate surface area is 121 Å². The molecule has 6 nitrogen and oxygen atoms in total. The molecule has 0 bridgehead atoms. The molecule has 0 spiro atoms. The topological polar surface area (TPSA) is 93.4 Å². The molecule has 0 aliphatic rings. The number of carbonyl (C=O) groups excluding carboxylic acids is 2. The van der Waals surface area contributed by atoms with Crippen molar-refractivity contribution in [3.05, 3.63) is 0 Å². The Balaban J connectivity index is 4.47. The first-order valence-electron chi connectivity index (χ1n) is 7.13. The predicted molar refractivity (Wildman–Crippen MR) is 79.3 cm³/mol. The van der Waals surface area contributed by atoms with Crippen molar-refractivity contribution < 1.29 is 14.3 Å². The molecule has 0 rings (SSSR count). The van der Waals surface area contributed by atoms with Crippen LogP contribution in [0.5, 0.6) is 0 Å². The first-order chi connectivity index (χ1) is 9.15. The maximum Gasteiger partial charge on any atom is 0.408 e. The molecule has 0 aromatic heterocycles. The van der Waals surface area contributed by atoms with Crippen LogP contribution in [-0.2, 0) is 9.53 Å². The second-order valence-electron chi connectivity index (χ2n) is 6.26. The van der Waals surface area contributed by atoms with Gasteiger partial charge in [0.15, 0.2) is 0 Å². The summed E-state index contributed by atoms with van der Waals surface area (Å²) in [6.45, 7) is 10.4. The number of ether oxygens (including phenoxy) is 1. The summed E-state index contributed by atoms with van der Waals surface area (Å²) in [6.07, 6.45) is 0.706. The summed E-state index contributed by atoms with van der Waals surface area (Å²) in [4.78, 5) is 23.8. The van der Waals surface area contributed by atoms with Gasteiger partial charge in [-0.15, -0.1) is 0 Å². The summed E-state index contributed by atoms with van der Waals surface area (Å²) in [6, 6.07) is -0.581. The Kier molecular flexibility index (Phi) is 8.22. The molecule has 0 radical (unpaired) electrons. The summed E-state index contributed by atoms with van der Waals surface area (Å²) in [7, 11) is 0. The van der Waals surface area contributed by atoms with Crippen molar-refractivity contribution in [1.82, 2.24) is 10.6 Å². The van der Waals surface area contributed by atoms with Gasteiger partial charge in [-0.1, -0.05) is 13.8 Å². The van der Waals surface area contributed by atoms with Crippen LogP contribution in [0.2, 0.25) is 0 Å². The van der Waals surface area contributed by atoms with Gasteiger partial charge in [-0.2, -0.15) is 0 Å². The third-order valence-corrected chi connectivity index (χ3v) is 2.39. The van der Waals surface area contributed by atoms with E-state index in [4.69, 9.17) is 10.5 Å². The summed E-state index contributed by atoms with van der Waals surface area (Å²) in [5.41, 5.74) is 4.80. The van der Waals surface area contributed by atoms with Crippen LogP contribution < -0.4 is 16.4 Å². The monoisotopic (exact) mass is 287 g/mol. The molecule has 118 valence electrons. The fraction of sp³-hybridized carbons (Fsp3) is 0.857. The molecule has 0 heterocycles. The van der Waals surface area contributed by atoms with Gasteiger partial charge in [0.25, 0.3) is 0 Å². The van der Waals surface area contributed by atoms with Crippen molar-refractivity contribution in [3.63, 3.8) is 0 Å². The van der Waals surface area contributed by atoms with Gasteiger partial charge in [0.05, 0.1) is 0 Å². The van der Waals surface area contributed by atoms with E-state index in [1.54, 1.807) is 20.8 Å². The zero-order chi connectivity index (χ0) is 15.8. The van der Waals surface area contributed by atoms with Crippen molar-refractivity contribution in [2.24, 2.45) is 11.7 Å². The number of alkyl carbamates (subject to hydrolysis) is 1. The Morgan fingerprint density at radius 1 is 1.25 bits per heavy atom. The molecule has 0 fully saturated rings. The highest BCUT2D eigenvalue weighted by molar-refractivity contribution is 5.85. The number of nitrogens with one attached hydrogen (secondary N) is 2. The molecule has 0 aromatic carbocycles.